The molecule has 0 saturated carbocycles. The molecule has 1 N–H and O–H groups in total. The van der Waals surface area contributed by atoms with Gasteiger partial charge in [-0.15, -0.1) is 0 Å². The molecular formula is C20H25FN2O4. The van der Waals surface area contributed by atoms with Crippen LogP contribution >= 0.6 is 0 Å². The van der Waals surface area contributed by atoms with Gasteiger partial charge in [-0.1, -0.05) is 0 Å². The van der Waals surface area contributed by atoms with Crippen LogP contribution in [0.3, 0.4) is 0 Å². The van der Waals surface area contributed by atoms with Crippen LogP contribution in [0.15, 0.2) is 24.4 Å². The third-order valence-electron chi connectivity index (χ3n) is 4.76. The van der Waals surface area contributed by atoms with Crippen molar-refractivity contribution < 1.29 is 23.8 Å². The zero-order valence-corrected chi connectivity index (χ0v) is 16.0. The fourth-order valence-corrected chi connectivity index (χ4v) is 3.55. The van der Waals surface area contributed by atoms with E-state index in [0.29, 0.717) is 24.9 Å². The van der Waals surface area contributed by atoms with Gasteiger partial charge in [0.15, 0.2) is 0 Å². The Balaban J connectivity index is 1.93. The predicted molar refractivity (Wildman–Crippen MR) is 99.3 cm³/mol. The highest BCUT2D eigenvalue weighted by Gasteiger charge is 2.38. The summed E-state index contributed by atoms with van der Waals surface area (Å²) < 4.78 is 20.5. The summed E-state index contributed by atoms with van der Waals surface area (Å²) >= 11 is 0. The Bertz CT molecular complexity index is 884. The molecule has 1 aromatic carbocycles. The van der Waals surface area contributed by atoms with Crippen LogP contribution in [0.1, 0.15) is 44.5 Å². The molecule has 27 heavy (non-hydrogen) atoms. The first-order chi connectivity index (χ1) is 12.6. The van der Waals surface area contributed by atoms with E-state index >= 15 is 0 Å². The summed E-state index contributed by atoms with van der Waals surface area (Å²) in [4.78, 5) is 26.0. The molecule has 1 aliphatic rings. The van der Waals surface area contributed by atoms with Gasteiger partial charge in [0.1, 0.15) is 11.4 Å². The van der Waals surface area contributed by atoms with Crippen molar-refractivity contribution in [2.45, 2.75) is 58.3 Å². The first-order valence-corrected chi connectivity index (χ1v) is 9.05. The van der Waals surface area contributed by atoms with Gasteiger partial charge >= 0.3 is 6.09 Å². The summed E-state index contributed by atoms with van der Waals surface area (Å²) in [6.45, 7) is 7.19. The highest BCUT2D eigenvalue weighted by Crippen LogP contribution is 2.29. The number of aromatic nitrogens is 1. The lowest BCUT2D eigenvalue weighted by molar-refractivity contribution is 0.0156. The third kappa shape index (κ3) is 3.98. The molecule has 1 fully saturated rings. The number of halogens is 1. The first-order valence-electron chi connectivity index (χ1n) is 9.05. The van der Waals surface area contributed by atoms with Crippen LogP contribution in [-0.2, 0) is 11.2 Å². The van der Waals surface area contributed by atoms with E-state index in [4.69, 9.17) is 4.74 Å². The normalized spacial score (nSPS) is 20.3. The Labute approximate surface area is 157 Å². The maximum atomic E-state index is 13.6. The molecular weight excluding hydrogens is 351 g/mol. The standard InChI is InChI=1S/C20H25FN2O4/c1-12(24)23-11-13(15-6-5-14(21)10-16(15)23)9-17-18(25)7-8-22(17)19(26)27-20(2,3)4/h5-6,10-11,17-18,25H,7-9H2,1-4H3/t17-,18+/m1/s1. The van der Waals surface area contributed by atoms with Gasteiger partial charge in [0.2, 0.25) is 5.91 Å². The molecule has 0 spiro atoms. The average Bonchev–Trinajstić information content (AvgIpc) is 3.07. The van der Waals surface area contributed by atoms with Crippen molar-refractivity contribution >= 4 is 22.9 Å². The monoisotopic (exact) mass is 376 g/mol. The minimum atomic E-state index is -0.686. The van der Waals surface area contributed by atoms with Crippen molar-refractivity contribution in [2.75, 3.05) is 6.54 Å². The van der Waals surface area contributed by atoms with E-state index in [2.05, 4.69) is 0 Å². The van der Waals surface area contributed by atoms with Gasteiger partial charge < -0.3 is 14.7 Å². The predicted octanol–water partition coefficient (Wildman–Crippen LogP) is 3.35. The lowest BCUT2D eigenvalue weighted by atomic mass is 10.0. The molecule has 3 rings (SSSR count). The van der Waals surface area contributed by atoms with Gasteiger partial charge in [-0.25, -0.2) is 9.18 Å². The van der Waals surface area contributed by atoms with Gasteiger partial charge in [0.25, 0.3) is 0 Å². The van der Waals surface area contributed by atoms with E-state index in [1.54, 1.807) is 33.0 Å². The molecule has 1 saturated heterocycles. The van der Waals surface area contributed by atoms with Crippen LogP contribution in [0.4, 0.5) is 9.18 Å². The number of rotatable bonds is 2. The van der Waals surface area contributed by atoms with Crippen LogP contribution in [0, 0.1) is 5.82 Å². The summed E-state index contributed by atoms with van der Waals surface area (Å²) in [7, 11) is 0. The third-order valence-corrected chi connectivity index (χ3v) is 4.76. The van der Waals surface area contributed by atoms with Crippen LogP contribution in [-0.4, -0.2) is 50.9 Å². The summed E-state index contributed by atoms with van der Waals surface area (Å²) in [5.74, 6) is -0.654. The second kappa shape index (κ2) is 6.96. The molecule has 2 aromatic rings. The summed E-state index contributed by atoms with van der Waals surface area (Å²) in [6, 6.07) is 3.82. The molecule has 1 aromatic heterocycles. The topological polar surface area (TPSA) is 71.8 Å². The first kappa shape index (κ1) is 19.4. The van der Waals surface area contributed by atoms with Crippen molar-refractivity contribution in [3.05, 3.63) is 35.8 Å². The van der Waals surface area contributed by atoms with Crippen LogP contribution in [0.5, 0.6) is 0 Å². The van der Waals surface area contributed by atoms with Gasteiger partial charge in [0.05, 0.1) is 17.7 Å². The molecule has 2 heterocycles. The Morgan fingerprint density at radius 3 is 2.67 bits per heavy atom. The number of hydrogen-bond acceptors (Lipinski definition) is 4. The van der Waals surface area contributed by atoms with E-state index in [-0.39, 0.29) is 5.91 Å². The van der Waals surface area contributed by atoms with Gasteiger partial charge in [-0.05, 0) is 57.4 Å². The quantitative estimate of drug-likeness (QED) is 0.872. The molecule has 146 valence electrons. The summed E-state index contributed by atoms with van der Waals surface area (Å²) in [6.07, 6.45) is 1.32. The molecule has 7 heteroatoms. The van der Waals surface area contributed by atoms with Crippen LogP contribution < -0.4 is 0 Å². The minimum Gasteiger partial charge on any atom is -0.444 e. The lowest BCUT2D eigenvalue weighted by Crippen LogP contribution is -2.43. The Kier molecular flexibility index (Phi) is 4.99. The van der Waals surface area contributed by atoms with Crippen molar-refractivity contribution in [3.63, 3.8) is 0 Å². The number of carbonyl (C=O) groups excluding carboxylic acids is 2. The summed E-state index contributed by atoms with van der Waals surface area (Å²) in [5.41, 5.74) is 0.630. The number of aliphatic hydroxyl groups excluding tert-OH is 1. The lowest BCUT2D eigenvalue weighted by Gasteiger charge is -2.29. The van der Waals surface area contributed by atoms with Crippen LogP contribution in [0.25, 0.3) is 10.9 Å². The number of aliphatic hydroxyl groups is 1. The van der Waals surface area contributed by atoms with Crippen molar-refractivity contribution in [3.8, 4) is 0 Å². The number of nitrogens with zero attached hydrogens (tertiary/aromatic N) is 2. The maximum Gasteiger partial charge on any atom is 0.410 e. The Morgan fingerprint density at radius 2 is 2.04 bits per heavy atom. The highest BCUT2D eigenvalue weighted by molar-refractivity contribution is 5.93. The molecule has 0 bridgehead atoms. The second-order valence-electron chi connectivity index (χ2n) is 8.01. The van der Waals surface area contributed by atoms with E-state index < -0.39 is 29.7 Å². The number of amides is 1. The van der Waals surface area contributed by atoms with Crippen LogP contribution in [0.2, 0.25) is 0 Å². The van der Waals surface area contributed by atoms with E-state index in [0.717, 1.165) is 10.9 Å². The van der Waals surface area contributed by atoms with Gasteiger partial charge in [-0.3, -0.25) is 9.36 Å². The fourth-order valence-electron chi connectivity index (χ4n) is 3.55. The minimum absolute atomic E-state index is 0.229. The number of fused-ring (bicyclic) bond motifs is 1. The molecule has 0 radical (unpaired) electrons. The fraction of sp³-hybridized carbons (Fsp3) is 0.500. The zero-order valence-electron chi connectivity index (χ0n) is 16.0. The van der Waals surface area contributed by atoms with Gasteiger partial charge in [-0.2, -0.15) is 0 Å². The average molecular weight is 376 g/mol. The highest BCUT2D eigenvalue weighted by atomic mass is 19.1. The van der Waals surface area contributed by atoms with Crippen molar-refractivity contribution in [1.82, 2.24) is 9.47 Å². The molecule has 0 unspecified atom stereocenters. The second-order valence-corrected chi connectivity index (χ2v) is 8.01. The van der Waals surface area contributed by atoms with E-state index in [1.807, 2.05) is 0 Å². The zero-order chi connectivity index (χ0) is 19.9. The number of ether oxygens (including phenoxy) is 1. The number of carbonyl (C=O) groups is 2. The Morgan fingerprint density at radius 1 is 1.33 bits per heavy atom. The molecule has 0 aliphatic carbocycles. The molecule has 1 amide bonds. The number of hydrogen-bond donors (Lipinski definition) is 1. The molecule has 1 aliphatic heterocycles. The van der Waals surface area contributed by atoms with E-state index in [1.165, 1.54) is 28.5 Å². The SMILES string of the molecule is CC(=O)n1cc(C[C@@H]2[C@@H](O)CCN2C(=O)OC(C)(C)C)c2ccc(F)cc21. The smallest absolute Gasteiger partial charge is 0.410 e. The van der Waals surface area contributed by atoms with E-state index in [9.17, 15) is 19.1 Å². The largest absolute Gasteiger partial charge is 0.444 e. The Hall–Kier alpha value is -2.41. The van der Waals surface area contributed by atoms with Crippen molar-refractivity contribution in [1.29, 1.82) is 0 Å². The van der Waals surface area contributed by atoms with Gasteiger partial charge in [0, 0.05) is 25.1 Å². The number of likely N-dealkylation sites (tertiary alicyclic amines) is 1. The molecule has 6 nitrogen and oxygen atoms in total. The number of benzene rings is 1. The van der Waals surface area contributed by atoms with Crippen molar-refractivity contribution in [2.24, 2.45) is 0 Å². The summed E-state index contributed by atoms with van der Waals surface area (Å²) in [5, 5.41) is 11.1. The maximum absolute atomic E-state index is 13.6. The molecule has 2 atom stereocenters.